The highest BCUT2D eigenvalue weighted by atomic mass is 16.5. The predicted octanol–water partition coefficient (Wildman–Crippen LogP) is 3.77. The maximum absolute atomic E-state index is 12.1. The standard InChI is InChI=1S/C19H26N2O4/c22-18(23)13-5-7-14(8-6-13)20-19(24)21-15-9-11-17(12-10-15)25-16-3-1-2-4-16/h9-14,16H,1-8H2,(H,22,23)(H2,20,21,24). The molecule has 0 aromatic heterocycles. The van der Waals surface area contributed by atoms with Crippen LogP contribution in [-0.4, -0.2) is 29.3 Å². The van der Waals surface area contributed by atoms with Gasteiger partial charge in [0.25, 0.3) is 0 Å². The molecule has 3 rings (SSSR count). The number of urea groups is 1. The zero-order valence-electron chi connectivity index (χ0n) is 14.4. The second-order valence-electron chi connectivity index (χ2n) is 7.03. The number of amides is 2. The molecule has 2 amide bonds. The third-order valence-electron chi connectivity index (χ3n) is 5.13. The van der Waals surface area contributed by atoms with Crippen LogP contribution in [0.3, 0.4) is 0 Å². The monoisotopic (exact) mass is 346 g/mol. The third-order valence-corrected chi connectivity index (χ3v) is 5.13. The van der Waals surface area contributed by atoms with Crippen molar-refractivity contribution in [1.82, 2.24) is 5.32 Å². The van der Waals surface area contributed by atoms with Crippen LogP contribution in [0.4, 0.5) is 10.5 Å². The average molecular weight is 346 g/mol. The topological polar surface area (TPSA) is 87.7 Å². The summed E-state index contributed by atoms with van der Waals surface area (Å²) in [6.45, 7) is 0. The summed E-state index contributed by atoms with van der Waals surface area (Å²) in [6.07, 6.45) is 7.68. The van der Waals surface area contributed by atoms with Crippen molar-refractivity contribution in [2.45, 2.75) is 63.5 Å². The first-order chi connectivity index (χ1) is 12.1. The molecule has 6 nitrogen and oxygen atoms in total. The smallest absolute Gasteiger partial charge is 0.319 e. The van der Waals surface area contributed by atoms with Crippen LogP contribution in [0.25, 0.3) is 0 Å². The number of benzene rings is 1. The number of nitrogens with one attached hydrogen (secondary N) is 2. The van der Waals surface area contributed by atoms with Gasteiger partial charge in [-0.15, -0.1) is 0 Å². The van der Waals surface area contributed by atoms with Crippen LogP contribution in [-0.2, 0) is 4.79 Å². The van der Waals surface area contributed by atoms with Gasteiger partial charge in [0.05, 0.1) is 12.0 Å². The molecule has 0 aliphatic heterocycles. The molecule has 6 heteroatoms. The Kier molecular flexibility index (Phi) is 5.79. The summed E-state index contributed by atoms with van der Waals surface area (Å²) >= 11 is 0. The van der Waals surface area contributed by atoms with Gasteiger partial charge in [-0.25, -0.2) is 4.79 Å². The van der Waals surface area contributed by atoms with Crippen LogP contribution in [0.2, 0.25) is 0 Å². The fourth-order valence-electron chi connectivity index (χ4n) is 3.65. The molecule has 0 bridgehead atoms. The molecule has 2 aliphatic rings. The van der Waals surface area contributed by atoms with E-state index in [1.54, 1.807) is 0 Å². The highest BCUT2D eigenvalue weighted by molar-refractivity contribution is 5.89. The molecule has 136 valence electrons. The summed E-state index contributed by atoms with van der Waals surface area (Å²) in [5, 5.41) is 14.8. The van der Waals surface area contributed by atoms with Gasteiger partial charge in [-0.05, 0) is 75.6 Å². The van der Waals surface area contributed by atoms with E-state index in [9.17, 15) is 9.59 Å². The third kappa shape index (κ3) is 5.11. The van der Waals surface area contributed by atoms with Crippen molar-refractivity contribution < 1.29 is 19.4 Å². The molecule has 25 heavy (non-hydrogen) atoms. The van der Waals surface area contributed by atoms with Gasteiger partial charge >= 0.3 is 12.0 Å². The van der Waals surface area contributed by atoms with E-state index in [0.29, 0.717) is 31.8 Å². The van der Waals surface area contributed by atoms with E-state index in [4.69, 9.17) is 9.84 Å². The number of carboxylic acids is 1. The highest BCUT2D eigenvalue weighted by Gasteiger charge is 2.26. The largest absolute Gasteiger partial charge is 0.490 e. The van der Waals surface area contributed by atoms with Gasteiger partial charge < -0.3 is 20.5 Å². The van der Waals surface area contributed by atoms with Crippen molar-refractivity contribution in [3.05, 3.63) is 24.3 Å². The number of rotatable bonds is 5. The Hall–Kier alpha value is -2.24. The minimum atomic E-state index is -0.734. The number of carboxylic acid groups (broad SMARTS) is 1. The van der Waals surface area contributed by atoms with Crippen LogP contribution in [0.1, 0.15) is 51.4 Å². The zero-order valence-corrected chi connectivity index (χ0v) is 14.4. The molecule has 2 fully saturated rings. The number of hydrogen-bond acceptors (Lipinski definition) is 3. The first kappa shape index (κ1) is 17.6. The van der Waals surface area contributed by atoms with Crippen LogP contribution in [0, 0.1) is 5.92 Å². The lowest BCUT2D eigenvalue weighted by atomic mass is 9.86. The van der Waals surface area contributed by atoms with Gasteiger partial charge in [-0.2, -0.15) is 0 Å². The second-order valence-corrected chi connectivity index (χ2v) is 7.03. The molecule has 0 radical (unpaired) electrons. The lowest BCUT2D eigenvalue weighted by Gasteiger charge is -2.26. The average Bonchev–Trinajstić information content (AvgIpc) is 3.10. The van der Waals surface area contributed by atoms with Crippen LogP contribution >= 0.6 is 0 Å². The van der Waals surface area contributed by atoms with E-state index in [-0.39, 0.29) is 18.0 Å². The van der Waals surface area contributed by atoms with Crippen molar-refractivity contribution >= 4 is 17.7 Å². The second kappa shape index (κ2) is 8.23. The normalized spacial score (nSPS) is 23.8. The predicted molar refractivity (Wildman–Crippen MR) is 94.9 cm³/mol. The molecular formula is C19H26N2O4. The fourth-order valence-corrected chi connectivity index (χ4v) is 3.65. The number of ether oxygens (including phenoxy) is 1. The first-order valence-electron chi connectivity index (χ1n) is 9.17. The Morgan fingerprint density at radius 1 is 0.960 bits per heavy atom. The van der Waals surface area contributed by atoms with Gasteiger partial charge in [0, 0.05) is 11.7 Å². The highest BCUT2D eigenvalue weighted by Crippen LogP contribution is 2.26. The van der Waals surface area contributed by atoms with Gasteiger partial charge in [-0.1, -0.05) is 0 Å². The molecule has 0 atom stereocenters. The van der Waals surface area contributed by atoms with E-state index in [0.717, 1.165) is 24.3 Å². The molecule has 2 aliphatic carbocycles. The van der Waals surface area contributed by atoms with Gasteiger partial charge in [0.15, 0.2) is 0 Å². The van der Waals surface area contributed by atoms with Crippen molar-refractivity contribution in [2.75, 3.05) is 5.32 Å². The summed E-state index contributed by atoms with van der Waals surface area (Å²) in [6, 6.07) is 7.23. The molecule has 0 unspecified atom stereocenters. The van der Waals surface area contributed by atoms with Gasteiger partial charge in [-0.3, -0.25) is 4.79 Å². The fraction of sp³-hybridized carbons (Fsp3) is 0.579. The molecule has 0 spiro atoms. The van der Waals surface area contributed by atoms with Gasteiger partial charge in [0.1, 0.15) is 5.75 Å². The SMILES string of the molecule is O=C(Nc1ccc(OC2CCCC2)cc1)NC1CCC(C(=O)O)CC1. The number of aliphatic carboxylic acids is 1. The van der Waals surface area contributed by atoms with Crippen molar-refractivity contribution in [1.29, 1.82) is 0 Å². The summed E-state index contributed by atoms with van der Waals surface area (Å²) in [5.74, 6) is -0.166. The lowest BCUT2D eigenvalue weighted by molar-refractivity contribution is -0.142. The summed E-state index contributed by atoms with van der Waals surface area (Å²) in [5.41, 5.74) is 0.718. The van der Waals surface area contributed by atoms with Crippen LogP contribution in [0.15, 0.2) is 24.3 Å². The number of hydrogen-bond donors (Lipinski definition) is 3. The van der Waals surface area contributed by atoms with Crippen molar-refractivity contribution in [3.63, 3.8) is 0 Å². The zero-order chi connectivity index (χ0) is 17.6. The Balaban J connectivity index is 1.42. The quantitative estimate of drug-likeness (QED) is 0.757. The maximum atomic E-state index is 12.1. The van der Waals surface area contributed by atoms with E-state index in [2.05, 4.69) is 10.6 Å². The molecule has 1 aromatic carbocycles. The molecule has 0 heterocycles. The maximum Gasteiger partial charge on any atom is 0.319 e. The van der Waals surface area contributed by atoms with Crippen molar-refractivity contribution in [3.8, 4) is 5.75 Å². The first-order valence-corrected chi connectivity index (χ1v) is 9.17. The number of carbonyl (C=O) groups is 2. The molecular weight excluding hydrogens is 320 g/mol. The molecule has 3 N–H and O–H groups in total. The Morgan fingerprint density at radius 2 is 1.60 bits per heavy atom. The summed E-state index contributed by atoms with van der Waals surface area (Å²) in [7, 11) is 0. The minimum Gasteiger partial charge on any atom is -0.490 e. The van der Waals surface area contributed by atoms with E-state index in [1.807, 2.05) is 24.3 Å². The summed E-state index contributed by atoms with van der Waals surface area (Å²) in [4.78, 5) is 23.0. The molecule has 1 aromatic rings. The van der Waals surface area contributed by atoms with E-state index < -0.39 is 5.97 Å². The van der Waals surface area contributed by atoms with Gasteiger partial charge in [0.2, 0.25) is 0 Å². The van der Waals surface area contributed by atoms with Crippen LogP contribution in [0.5, 0.6) is 5.75 Å². The van der Waals surface area contributed by atoms with Crippen molar-refractivity contribution in [2.24, 2.45) is 5.92 Å². The van der Waals surface area contributed by atoms with E-state index >= 15 is 0 Å². The van der Waals surface area contributed by atoms with Crippen LogP contribution < -0.4 is 15.4 Å². The number of anilines is 1. The Labute approximate surface area is 147 Å². The summed E-state index contributed by atoms with van der Waals surface area (Å²) < 4.78 is 5.91. The Bertz CT molecular complexity index is 588. The number of carbonyl (C=O) groups excluding carboxylic acids is 1. The molecule has 0 saturated heterocycles. The molecule has 2 saturated carbocycles. The minimum absolute atomic E-state index is 0.0422. The lowest BCUT2D eigenvalue weighted by Crippen LogP contribution is -2.40. The van der Waals surface area contributed by atoms with E-state index in [1.165, 1.54) is 12.8 Å². The Morgan fingerprint density at radius 3 is 2.20 bits per heavy atom.